The van der Waals surface area contributed by atoms with Crippen molar-refractivity contribution in [3.63, 3.8) is 0 Å². The SMILES string of the molecule is COc1ccc(CN[C@H]2CCCSC2)cc1O. The topological polar surface area (TPSA) is 41.5 Å². The zero-order valence-electron chi connectivity index (χ0n) is 10.1. The molecule has 1 aliphatic heterocycles. The van der Waals surface area contributed by atoms with Crippen LogP contribution in [0.4, 0.5) is 0 Å². The van der Waals surface area contributed by atoms with Crippen LogP contribution in [0.2, 0.25) is 0 Å². The van der Waals surface area contributed by atoms with E-state index in [2.05, 4.69) is 5.32 Å². The van der Waals surface area contributed by atoms with E-state index in [9.17, 15) is 5.11 Å². The second-order valence-corrected chi connectivity index (χ2v) is 5.45. The third kappa shape index (κ3) is 3.54. The van der Waals surface area contributed by atoms with Crippen LogP contribution in [0.25, 0.3) is 0 Å². The Balaban J connectivity index is 1.87. The van der Waals surface area contributed by atoms with E-state index in [-0.39, 0.29) is 5.75 Å². The van der Waals surface area contributed by atoms with Crippen LogP contribution >= 0.6 is 11.8 Å². The molecule has 1 atom stereocenters. The molecule has 2 rings (SSSR count). The van der Waals surface area contributed by atoms with Gasteiger partial charge in [-0.1, -0.05) is 6.07 Å². The first kappa shape index (κ1) is 12.6. The predicted molar refractivity (Wildman–Crippen MR) is 71.8 cm³/mol. The van der Waals surface area contributed by atoms with E-state index in [4.69, 9.17) is 4.74 Å². The summed E-state index contributed by atoms with van der Waals surface area (Å²) >= 11 is 2.02. The van der Waals surface area contributed by atoms with Crippen molar-refractivity contribution >= 4 is 11.8 Å². The van der Waals surface area contributed by atoms with E-state index in [1.165, 1.54) is 24.3 Å². The molecule has 1 fully saturated rings. The maximum Gasteiger partial charge on any atom is 0.160 e. The molecule has 0 spiro atoms. The van der Waals surface area contributed by atoms with Gasteiger partial charge in [0.2, 0.25) is 0 Å². The van der Waals surface area contributed by atoms with Crippen LogP contribution in [0.3, 0.4) is 0 Å². The lowest BCUT2D eigenvalue weighted by atomic mass is 10.1. The maximum absolute atomic E-state index is 9.67. The average Bonchev–Trinajstić information content (AvgIpc) is 2.38. The molecule has 0 bridgehead atoms. The summed E-state index contributed by atoms with van der Waals surface area (Å²) in [6, 6.07) is 6.17. The van der Waals surface area contributed by atoms with Crippen molar-refractivity contribution < 1.29 is 9.84 Å². The van der Waals surface area contributed by atoms with Gasteiger partial charge in [-0.2, -0.15) is 11.8 Å². The number of thioether (sulfide) groups is 1. The maximum atomic E-state index is 9.67. The Morgan fingerprint density at radius 1 is 1.53 bits per heavy atom. The van der Waals surface area contributed by atoms with Crippen LogP contribution < -0.4 is 10.1 Å². The first-order chi connectivity index (χ1) is 8.29. The van der Waals surface area contributed by atoms with Gasteiger partial charge in [0.05, 0.1) is 7.11 Å². The molecule has 0 aliphatic carbocycles. The standard InChI is InChI=1S/C13H19NO2S/c1-16-13-5-4-10(7-12(13)15)8-14-11-3-2-6-17-9-11/h4-5,7,11,14-15H,2-3,6,8-9H2,1H3/t11-/m0/s1. The van der Waals surface area contributed by atoms with Crippen molar-refractivity contribution in [2.75, 3.05) is 18.6 Å². The fourth-order valence-electron chi connectivity index (χ4n) is 2.01. The van der Waals surface area contributed by atoms with Gasteiger partial charge in [-0.3, -0.25) is 0 Å². The molecule has 1 aliphatic rings. The van der Waals surface area contributed by atoms with Gasteiger partial charge in [-0.05, 0) is 36.3 Å². The molecule has 2 N–H and O–H groups in total. The van der Waals surface area contributed by atoms with E-state index in [0.29, 0.717) is 11.8 Å². The van der Waals surface area contributed by atoms with Crippen LogP contribution in [0.1, 0.15) is 18.4 Å². The van der Waals surface area contributed by atoms with Crippen LogP contribution in [0.5, 0.6) is 11.5 Å². The molecule has 1 aromatic carbocycles. The van der Waals surface area contributed by atoms with E-state index < -0.39 is 0 Å². The third-order valence-corrected chi connectivity index (χ3v) is 4.21. The van der Waals surface area contributed by atoms with E-state index in [1.54, 1.807) is 13.2 Å². The Labute approximate surface area is 107 Å². The Morgan fingerprint density at radius 3 is 3.06 bits per heavy atom. The normalized spacial score (nSPS) is 20.2. The summed E-state index contributed by atoms with van der Waals surface area (Å²) in [5.74, 6) is 3.23. The lowest BCUT2D eigenvalue weighted by molar-refractivity contribution is 0.372. The Hall–Kier alpha value is -0.870. The van der Waals surface area contributed by atoms with Gasteiger partial charge < -0.3 is 15.2 Å². The Morgan fingerprint density at radius 2 is 2.41 bits per heavy atom. The molecular formula is C13H19NO2S. The first-order valence-electron chi connectivity index (χ1n) is 5.96. The van der Waals surface area contributed by atoms with Crippen LogP contribution in [-0.4, -0.2) is 29.8 Å². The highest BCUT2D eigenvalue weighted by Gasteiger charge is 2.13. The van der Waals surface area contributed by atoms with Crippen molar-refractivity contribution in [3.8, 4) is 11.5 Å². The molecule has 0 saturated carbocycles. The number of aromatic hydroxyl groups is 1. The number of nitrogens with one attached hydrogen (secondary N) is 1. The number of benzene rings is 1. The molecule has 94 valence electrons. The summed E-state index contributed by atoms with van der Waals surface area (Å²) in [5.41, 5.74) is 1.10. The van der Waals surface area contributed by atoms with Crippen molar-refractivity contribution in [3.05, 3.63) is 23.8 Å². The fourth-order valence-corrected chi connectivity index (χ4v) is 3.12. The Bertz CT molecular complexity index is 364. The molecule has 3 nitrogen and oxygen atoms in total. The van der Waals surface area contributed by atoms with Crippen molar-refractivity contribution in [1.82, 2.24) is 5.32 Å². The number of phenols is 1. The van der Waals surface area contributed by atoms with E-state index in [0.717, 1.165) is 12.1 Å². The molecule has 1 aromatic rings. The van der Waals surface area contributed by atoms with Gasteiger partial charge in [0.25, 0.3) is 0 Å². The van der Waals surface area contributed by atoms with E-state index in [1.807, 2.05) is 23.9 Å². The third-order valence-electron chi connectivity index (χ3n) is 3.00. The van der Waals surface area contributed by atoms with Gasteiger partial charge in [-0.25, -0.2) is 0 Å². The van der Waals surface area contributed by atoms with Gasteiger partial charge in [-0.15, -0.1) is 0 Å². The zero-order chi connectivity index (χ0) is 12.1. The number of methoxy groups -OCH3 is 1. The van der Waals surface area contributed by atoms with Crippen molar-refractivity contribution in [2.24, 2.45) is 0 Å². The summed E-state index contributed by atoms with van der Waals surface area (Å²) < 4.78 is 5.02. The second kappa shape index (κ2) is 6.17. The monoisotopic (exact) mass is 253 g/mol. The molecule has 0 amide bonds. The Kier molecular flexibility index (Phi) is 4.57. The number of hydrogen-bond donors (Lipinski definition) is 2. The molecule has 4 heteroatoms. The highest BCUT2D eigenvalue weighted by molar-refractivity contribution is 7.99. The molecule has 1 saturated heterocycles. The minimum Gasteiger partial charge on any atom is -0.504 e. The van der Waals surface area contributed by atoms with Crippen LogP contribution in [0.15, 0.2) is 18.2 Å². The van der Waals surface area contributed by atoms with Gasteiger partial charge in [0.1, 0.15) is 0 Å². The zero-order valence-corrected chi connectivity index (χ0v) is 10.9. The smallest absolute Gasteiger partial charge is 0.160 e. The summed E-state index contributed by atoms with van der Waals surface area (Å²) in [6.45, 7) is 0.808. The number of phenolic OH excluding ortho intramolecular Hbond substituents is 1. The minimum absolute atomic E-state index is 0.213. The minimum atomic E-state index is 0.213. The molecule has 0 aromatic heterocycles. The van der Waals surface area contributed by atoms with Gasteiger partial charge in [0, 0.05) is 18.3 Å². The molecular weight excluding hydrogens is 234 g/mol. The summed E-state index contributed by atoms with van der Waals surface area (Å²) in [4.78, 5) is 0. The highest BCUT2D eigenvalue weighted by atomic mass is 32.2. The lowest BCUT2D eigenvalue weighted by Crippen LogP contribution is -2.33. The summed E-state index contributed by atoms with van der Waals surface area (Å²) in [6.07, 6.45) is 2.56. The molecule has 17 heavy (non-hydrogen) atoms. The van der Waals surface area contributed by atoms with E-state index >= 15 is 0 Å². The largest absolute Gasteiger partial charge is 0.504 e. The van der Waals surface area contributed by atoms with Crippen LogP contribution in [0, 0.1) is 0 Å². The highest BCUT2D eigenvalue weighted by Crippen LogP contribution is 2.26. The van der Waals surface area contributed by atoms with Crippen LogP contribution in [-0.2, 0) is 6.54 Å². The van der Waals surface area contributed by atoms with Crippen molar-refractivity contribution in [1.29, 1.82) is 0 Å². The lowest BCUT2D eigenvalue weighted by Gasteiger charge is -2.22. The fraction of sp³-hybridized carbons (Fsp3) is 0.538. The quantitative estimate of drug-likeness (QED) is 0.864. The first-order valence-corrected chi connectivity index (χ1v) is 7.12. The molecule has 0 unspecified atom stereocenters. The summed E-state index contributed by atoms with van der Waals surface area (Å²) in [7, 11) is 1.56. The molecule has 0 radical (unpaired) electrons. The predicted octanol–water partition coefficient (Wildman–Crippen LogP) is 2.39. The second-order valence-electron chi connectivity index (χ2n) is 4.30. The van der Waals surface area contributed by atoms with Gasteiger partial charge in [0.15, 0.2) is 11.5 Å². The van der Waals surface area contributed by atoms with Gasteiger partial charge >= 0.3 is 0 Å². The summed E-state index contributed by atoms with van der Waals surface area (Å²) in [5, 5.41) is 13.2. The van der Waals surface area contributed by atoms with Crippen molar-refractivity contribution in [2.45, 2.75) is 25.4 Å². The number of ether oxygens (including phenoxy) is 1. The number of hydrogen-bond acceptors (Lipinski definition) is 4. The number of rotatable bonds is 4. The average molecular weight is 253 g/mol. The molecule has 1 heterocycles.